The number of ketones is 2. The Hall–Kier alpha value is -3.42. The highest BCUT2D eigenvalue weighted by atomic mass is 32.2. The summed E-state index contributed by atoms with van der Waals surface area (Å²) in [5.74, 6) is 0.689. The van der Waals surface area contributed by atoms with Crippen LogP contribution in [0.3, 0.4) is 0 Å². The molecule has 3 atom stereocenters. The van der Waals surface area contributed by atoms with Crippen LogP contribution >= 0.6 is 11.8 Å². The van der Waals surface area contributed by atoms with Crippen molar-refractivity contribution in [2.24, 2.45) is 5.41 Å². The zero-order valence-corrected chi connectivity index (χ0v) is 19.8. The van der Waals surface area contributed by atoms with Crippen LogP contribution in [0, 0.1) is 5.41 Å². The fourth-order valence-corrected chi connectivity index (χ4v) is 8.34. The van der Waals surface area contributed by atoms with Crippen molar-refractivity contribution in [1.82, 2.24) is 4.90 Å². The maximum absolute atomic E-state index is 14.6. The standard InChI is InChI=1S/C28H22N2O4S/c1-34-17-12-10-16(11-13-17)23-22-14-35-15-30(22)28(20-8-4-5-9-21(20)29-26(28)33)27(23)24(31)18-6-2-3-7-19(18)25(27)32/h2-13,22-23H,14-15H2,1H3,(H,29,33)/t22-,23-,28-/m0/s1. The number of ether oxygens (including phenoxy) is 1. The molecule has 3 aromatic carbocycles. The zero-order chi connectivity index (χ0) is 23.9. The Labute approximate surface area is 206 Å². The van der Waals surface area contributed by atoms with Gasteiger partial charge in [0.2, 0.25) is 0 Å². The van der Waals surface area contributed by atoms with Crippen LogP contribution in [0.2, 0.25) is 0 Å². The second-order valence-corrected chi connectivity index (χ2v) is 10.5. The molecule has 3 aliphatic heterocycles. The smallest absolute Gasteiger partial charge is 0.251 e. The van der Waals surface area contributed by atoms with Crippen molar-refractivity contribution in [3.05, 3.63) is 95.1 Å². The molecule has 1 amide bonds. The van der Waals surface area contributed by atoms with E-state index in [1.807, 2.05) is 48.5 Å². The summed E-state index contributed by atoms with van der Waals surface area (Å²) in [6, 6.07) is 21.9. The summed E-state index contributed by atoms with van der Waals surface area (Å²) in [7, 11) is 1.61. The predicted molar refractivity (Wildman–Crippen MR) is 133 cm³/mol. The third-order valence-corrected chi connectivity index (χ3v) is 9.31. The molecule has 35 heavy (non-hydrogen) atoms. The van der Waals surface area contributed by atoms with Crippen molar-refractivity contribution in [2.45, 2.75) is 17.5 Å². The van der Waals surface area contributed by atoms with Gasteiger partial charge < -0.3 is 10.1 Å². The van der Waals surface area contributed by atoms with Gasteiger partial charge in [0.1, 0.15) is 11.2 Å². The van der Waals surface area contributed by atoms with E-state index in [0.29, 0.717) is 34.0 Å². The minimum Gasteiger partial charge on any atom is -0.497 e. The Bertz CT molecular complexity index is 1400. The lowest BCUT2D eigenvalue weighted by atomic mass is 9.57. The van der Waals surface area contributed by atoms with Crippen molar-refractivity contribution in [3.63, 3.8) is 0 Å². The molecule has 1 N–H and O–H groups in total. The van der Waals surface area contributed by atoms with Gasteiger partial charge in [0.15, 0.2) is 17.1 Å². The number of carbonyl (C=O) groups is 3. The Morgan fingerprint density at radius 3 is 2.26 bits per heavy atom. The summed E-state index contributed by atoms with van der Waals surface area (Å²) < 4.78 is 5.37. The van der Waals surface area contributed by atoms with Crippen molar-refractivity contribution < 1.29 is 19.1 Å². The van der Waals surface area contributed by atoms with Crippen LogP contribution in [-0.2, 0) is 10.3 Å². The van der Waals surface area contributed by atoms with E-state index in [9.17, 15) is 14.4 Å². The summed E-state index contributed by atoms with van der Waals surface area (Å²) in [6.45, 7) is 0. The number of anilines is 1. The van der Waals surface area contributed by atoms with Crippen LogP contribution in [0.4, 0.5) is 5.69 Å². The zero-order valence-electron chi connectivity index (χ0n) is 19.0. The molecule has 0 unspecified atom stereocenters. The molecule has 0 bridgehead atoms. The average molecular weight is 483 g/mol. The van der Waals surface area contributed by atoms with Gasteiger partial charge in [-0.2, -0.15) is 0 Å². The van der Waals surface area contributed by atoms with E-state index in [2.05, 4.69) is 10.2 Å². The van der Waals surface area contributed by atoms with E-state index in [1.165, 1.54) is 0 Å². The number of thioether (sulfide) groups is 1. The highest BCUT2D eigenvalue weighted by Crippen LogP contribution is 2.70. The van der Waals surface area contributed by atoms with Crippen LogP contribution in [0.1, 0.15) is 37.8 Å². The first kappa shape index (κ1) is 20.9. The van der Waals surface area contributed by atoms with Gasteiger partial charge in [-0.3, -0.25) is 19.3 Å². The summed E-state index contributed by atoms with van der Waals surface area (Å²) in [5.41, 5.74) is 0.0282. The largest absolute Gasteiger partial charge is 0.497 e. The molecule has 2 saturated heterocycles. The van der Waals surface area contributed by atoms with Gasteiger partial charge in [0, 0.05) is 46.0 Å². The van der Waals surface area contributed by atoms with Gasteiger partial charge in [-0.15, -0.1) is 11.8 Å². The van der Waals surface area contributed by atoms with Crippen LogP contribution in [0.25, 0.3) is 0 Å². The number of hydrogen-bond donors (Lipinski definition) is 1. The Kier molecular flexibility index (Phi) is 4.22. The van der Waals surface area contributed by atoms with Gasteiger partial charge in [-0.1, -0.05) is 54.6 Å². The molecular formula is C28H22N2O4S. The van der Waals surface area contributed by atoms with Crippen molar-refractivity contribution in [1.29, 1.82) is 0 Å². The maximum Gasteiger partial charge on any atom is 0.251 e. The third-order valence-electron chi connectivity index (χ3n) is 8.27. The Morgan fingerprint density at radius 2 is 1.57 bits per heavy atom. The monoisotopic (exact) mass is 482 g/mol. The van der Waals surface area contributed by atoms with Gasteiger partial charge in [0.05, 0.1) is 7.11 Å². The number of methoxy groups -OCH3 is 1. The molecular weight excluding hydrogens is 460 g/mol. The maximum atomic E-state index is 14.6. The van der Waals surface area contributed by atoms with E-state index in [1.54, 1.807) is 43.1 Å². The SMILES string of the molecule is COc1ccc([C@H]2[C@@H]3CSCN3[C@@]3(C(=O)Nc4ccccc43)C23C(=O)c2ccccc2C3=O)cc1. The van der Waals surface area contributed by atoms with E-state index in [-0.39, 0.29) is 23.5 Å². The highest BCUT2D eigenvalue weighted by Gasteiger charge is 2.82. The molecule has 7 heteroatoms. The Balaban J connectivity index is 1.60. The van der Waals surface area contributed by atoms with Gasteiger partial charge in [-0.05, 0) is 23.8 Å². The number of Topliss-reactive ketones (excluding diaryl/α,β-unsaturated/α-hetero) is 2. The summed E-state index contributed by atoms with van der Waals surface area (Å²) >= 11 is 1.74. The lowest BCUT2D eigenvalue weighted by Crippen LogP contribution is -2.60. The predicted octanol–water partition coefficient (Wildman–Crippen LogP) is 4.08. The number of nitrogens with one attached hydrogen (secondary N) is 1. The molecule has 0 radical (unpaired) electrons. The molecule has 1 aliphatic carbocycles. The van der Waals surface area contributed by atoms with E-state index in [0.717, 1.165) is 11.3 Å². The fraction of sp³-hybridized carbons (Fsp3) is 0.250. The van der Waals surface area contributed by atoms with Crippen molar-refractivity contribution in [2.75, 3.05) is 24.1 Å². The number of hydrogen-bond acceptors (Lipinski definition) is 6. The highest BCUT2D eigenvalue weighted by molar-refractivity contribution is 7.99. The van der Waals surface area contributed by atoms with Gasteiger partial charge in [-0.25, -0.2) is 0 Å². The average Bonchev–Trinajstić information content (AvgIpc) is 3.59. The van der Waals surface area contributed by atoms with E-state index in [4.69, 9.17) is 4.74 Å². The molecule has 3 aromatic rings. The molecule has 0 aromatic heterocycles. The number of nitrogens with zero attached hydrogens (tertiary/aromatic N) is 1. The number of amides is 1. The summed E-state index contributed by atoms with van der Waals surface area (Å²) in [5, 5.41) is 3.04. The summed E-state index contributed by atoms with van der Waals surface area (Å²) in [4.78, 5) is 45.6. The number of carbonyl (C=O) groups excluding carboxylic acids is 3. The first-order valence-corrected chi connectivity index (χ1v) is 12.8. The van der Waals surface area contributed by atoms with E-state index < -0.39 is 16.9 Å². The van der Waals surface area contributed by atoms with Crippen molar-refractivity contribution in [3.8, 4) is 5.75 Å². The molecule has 2 spiro atoms. The second kappa shape index (κ2) is 7.06. The third kappa shape index (κ3) is 2.24. The number of rotatable bonds is 2. The first-order chi connectivity index (χ1) is 17.1. The normalized spacial score (nSPS) is 27.9. The minimum absolute atomic E-state index is 0.160. The topological polar surface area (TPSA) is 75.7 Å². The molecule has 4 aliphatic rings. The van der Waals surface area contributed by atoms with E-state index >= 15 is 0 Å². The van der Waals surface area contributed by atoms with Crippen LogP contribution in [0.5, 0.6) is 5.75 Å². The molecule has 6 nitrogen and oxygen atoms in total. The lowest BCUT2D eigenvalue weighted by Gasteiger charge is -2.42. The number of para-hydroxylation sites is 1. The number of fused-ring (bicyclic) bond motifs is 6. The lowest BCUT2D eigenvalue weighted by molar-refractivity contribution is -0.129. The quantitative estimate of drug-likeness (QED) is 0.555. The molecule has 3 heterocycles. The second-order valence-electron chi connectivity index (χ2n) is 9.51. The van der Waals surface area contributed by atoms with Crippen LogP contribution in [0.15, 0.2) is 72.8 Å². The number of benzene rings is 3. The Morgan fingerprint density at radius 1 is 0.914 bits per heavy atom. The summed E-state index contributed by atoms with van der Waals surface area (Å²) in [6.07, 6.45) is 0. The molecule has 7 rings (SSSR count). The molecule has 2 fully saturated rings. The minimum atomic E-state index is -1.60. The fourth-order valence-electron chi connectivity index (χ4n) is 7.04. The van der Waals surface area contributed by atoms with Gasteiger partial charge in [0.25, 0.3) is 5.91 Å². The first-order valence-electron chi connectivity index (χ1n) is 11.6. The van der Waals surface area contributed by atoms with Crippen LogP contribution in [-0.4, -0.2) is 47.2 Å². The van der Waals surface area contributed by atoms with Crippen LogP contribution < -0.4 is 10.1 Å². The molecule has 0 saturated carbocycles. The van der Waals surface area contributed by atoms with Crippen molar-refractivity contribution >= 4 is 34.9 Å². The molecule has 174 valence electrons. The van der Waals surface area contributed by atoms with Gasteiger partial charge >= 0.3 is 0 Å².